The van der Waals surface area contributed by atoms with Crippen LogP contribution in [-0.2, 0) is 11.2 Å². The number of hydrogen-bond acceptors (Lipinski definition) is 1. The minimum absolute atomic E-state index is 0.678. The minimum Gasteiger partial charge on any atom is -0.379 e. The molecule has 0 aliphatic heterocycles. The topological polar surface area (TPSA) is 9.23 Å². The summed E-state index contributed by atoms with van der Waals surface area (Å²) in [4.78, 5) is 0. The molecule has 0 heterocycles. The van der Waals surface area contributed by atoms with Crippen molar-refractivity contribution in [3.05, 3.63) is 54.1 Å². The van der Waals surface area contributed by atoms with Crippen LogP contribution in [0.25, 0.3) is 0 Å². The first kappa shape index (κ1) is 11.3. The lowest BCUT2D eigenvalue weighted by atomic mass is 10.1. The van der Waals surface area contributed by atoms with Gasteiger partial charge in [0.15, 0.2) is 0 Å². The molecule has 1 nitrogen and oxygen atoms in total. The second kappa shape index (κ2) is 6.63. The molecule has 1 aromatic rings. The third-order valence-corrected chi connectivity index (χ3v) is 2.11. The van der Waals surface area contributed by atoms with E-state index in [0.717, 1.165) is 17.9 Å². The average Bonchev–Trinajstić information content (AvgIpc) is 2.21. The maximum absolute atomic E-state index is 5.77. The molecule has 0 aliphatic rings. The maximum Gasteiger partial charge on any atom is 0.0700 e. The molecule has 1 aromatic carbocycles. The van der Waals surface area contributed by atoms with E-state index in [1.54, 1.807) is 0 Å². The van der Waals surface area contributed by atoms with E-state index in [1.807, 2.05) is 24.3 Å². The highest BCUT2D eigenvalue weighted by Crippen LogP contribution is 2.10. The van der Waals surface area contributed by atoms with E-state index in [0.29, 0.717) is 6.61 Å². The van der Waals surface area contributed by atoms with Crippen LogP contribution in [0, 0.1) is 7.11 Å². The molecule has 0 atom stereocenters. The smallest absolute Gasteiger partial charge is 0.0700 e. The summed E-state index contributed by atoms with van der Waals surface area (Å²) < 4.78 is 4.69. The Hall–Kier alpha value is -0.790. The van der Waals surface area contributed by atoms with Gasteiger partial charge in [0.2, 0.25) is 0 Å². The van der Waals surface area contributed by atoms with Gasteiger partial charge in [0, 0.05) is 5.02 Å². The van der Waals surface area contributed by atoms with Crippen molar-refractivity contribution in [2.75, 3.05) is 6.61 Å². The zero-order valence-electron chi connectivity index (χ0n) is 8.08. The summed E-state index contributed by atoms with van der Waals surface area (Å²) in [6.45, 7) is 0.678. The van der Waals surface area contributed by atoms with E-state index in [1.165, 1.54) is 5.56 Å². The van der Waals surface area contributed by atoms with Gasteiger partial charge >= 0.3 is 0 Å². The summed E-state index contributed by atoms with van der Waals surface area (Å²) in [5.41, 5.74) is 1.26. The molecule has 0 spiro atoms. The van der Waals surface area contributed by atoms with E-state index in [2.05, 4.69) is 19.3 Å². The second-order valence-corrected chi connectivity index (χ2v) is 3.44. The summed E-state index contributed by atoms with van der Waals surface area (Å²) in [6.07, 6.45) is 6.08. The lowest BCUT2D eigenvalue weighted by Gasteiger charge is -1.96. The molecule has 0 unspecified atom stereocenters. The van der Waals surface area contributed by atoms with Crippen molar-refractivity contribution in [1.29, 1.82) is 0 Å². The Kier molecular flexibility index (Phi) is 5.35. The van der Waals surface area contributed by atoms with Crippen molar-refractivity contribution < 1.29 is 4.74 Å². The maximum atomic E-state index is 5.77. The Balaban J connectivity index is 2.30. The van der Waals surface area contributed by atoms with Gasteiger partial charge in [-0.1, -0.05) is 35.9 Å². The number of ether oxygens (including phenoxy) is 1. The summed E-state index contributed by atoms with van der Waals surface area (Å²) in [5.74, 6) is 0. The molecule has 14 heavy (non-hydrogen) atoms. The molecule has 0 aliphatic carbocycles. The zero-order chi connectivity index (χ0) is 10.2. The molecule has 1 radical (unpaired) electrons. The molecule has 0 N–H and O–H groups in total. The first-order valence-electron chi connectivity index (χ1n) is 4.59. The quantitative estimate of drug-likeness (QED) is 0.532. The first-order chi connectivity index (χ1) is 6.83. The number of allylic oxidation sites excluding steroid dienone is 1. The fourth-order valence-corrected chi connectivity index (χ4v) is 1.24. The van der Waals surface area contributed by atoms with Gasteiger partial charge < -0.3 is 4.74 Å². The Bertz CT molecular complexity index is 277. The van der Waals surface area contributed by atoms with Gasteiger partial charge in [-0.15, -0.1) is 0 Å². The summed E-state index contributed by atoms with van der Waals surface area (Å²) in [5, 5.41) is 0.781. The highest BCUT2D eigenvalue weighted by Gasteiger charge is 1.89. The molecular formula is C12H14ClO. The zero-order valence-corrected chi connectivity index (χ0v) is 8.83. The van der Waals surface area contributed by atoms with Crippen molar-refractivity contribution in [1.82, 2.24) is 0 Å². The van der Waals surface area contributed by atoms with Crippen LogP contribution < -0.4 is 0 Å². The lowest BCUT2D eigenvalue weighted by molar-refractivity contribution is 0.248. The molecular weight excluding hydrogens is 196 g/mol. The van der Waals surface area contributed by atoms with Crippen LogP contribution in [0.2, 0.25) is 5.02 Å². The van der Waals surface area contributed by atoms with Crippen molar-refractivity contribution in [3.63, 3.8) is 0 Å². The van der Waals surface area contributed by atoms with Crippen LogP contribution >= 0.6 is 11.6 Å². The summed E-state index contributed by atoms with van der Waals surface area (Å²) in [7, 11) is 3.30. The molecule has 0 aromatic heterocycles. The first-order valence-corrected chi connectivity index (χ1v) is 4.97. The van der Waals surface area contributed by atoms with Crippen LogP contribution in [-0.4, -0.2) is 6.61 Å². The highest BCUT2D eigenvalue weighted by atomic mass is 35.5. The molecule has 2 heteroatoms. The van der Waals surface area contributed by atoms with Crippen molar-refractivity contribution in [3.8, 4) is 0 Å². The lowest BCUT2D eigenvalue weighted by Crippen LogP contribution is -1.83. The van der Waals surface area contributed by atoms with Gasteiger partial charge in [0.25, 0.3) is 0 Å². The molecule has 0 saturated heterocycles. The predicted molar refractivity (Wildman–Crippen MR) is 60.2 cm³/mol. The SMILES string of the molecule is [CH2]OCCC=CCc1ccc(Cl)cc1. The van der Waals surface area contributed by atoms with E-state index in [9.17, 15) is 0 Å². The predicted octanol–water partition coefficient (Wildman–Crippen LogP) is 3.64. The monoisotopic (exact) mass is 209 g/mol. The van der Waals surface area contributed by atoms with Gasteiger partial charge in [0.1, 0.15) is 0 Å². The van der Waals surface area contributed by atoms with Crippen molar-refractivity contribution >= 4 is 11.6 Å². The Morgan fingerprint density at radius 2 is 1.93 bits per heavy atom. The summed E-state index contributed by atoms with van der Waals surface area (Å²) >= 11 is 5.77. The second-order valence-electron chi connectivity index (χ2n) is 3.00. The average molecular weight is 210 g/mol. The van der Waals surface area contributed by atoms with E-state index < -0.39 is 0 Å². The molecule has 75 valence electrons. The molecule has 0 saturated carbocycles. The number of halogens is 1. The number of benzene rings is 1. The number of hydrogen-bond donors (Lipinski definition) is 0. The fourth-order valence-electron chi connectivity index (χ4n) is 1.11. The standard InChI is InChI=1S/C12H14ClO/c1-14-10-4-2-3-5-11-6-8-12(13)9-7-11/h2-3,6-9H,1,4-5,10H2. The Morgan fingerprint density at radius 1 is 1.21 bits per heavy atom. The highest BCUT2D eigenvalue weighted by molar-refractivity contribution is 6.30. The third kappa shape index (κ3) is 4.45. The molecule has 0 bridgehead atoms. The van der Waals surface area contributed by atoms with Gasteiger partial charge in [0.05, 0.1) is 13.7 Å². The van der Waals surface area contributed by atoms with Gasteiger partial charge in [-0.25, -0.2) is 0 Å². The van der Waals surface area contributed by atoms with Crippen LogP contribution in [0.1, 0.15) is 12.0 Å². The number of rotatable bonds is 5. The normalized spacial score (nSPS) is 11.0. The van der Waals surface area contributed by atoms with Crippen molar-refractivity contribution in [2.24, 2.45) is 0 Å². The minimum atomic E-state index is 0.678. The van der Waals surface area contributed by atoms with E-state index in [-0.39, 0.29) is 0 Å². The van der Waals surface area contributed by atoms with E-state index in [4.69, 9.17) is 16.3 Å². The van der Waals surface area contributed by atoms with Gasteiger partial charge in [-0.05, 0) is 30.5 Å². The van der Waals surface area contributed by atoms with Gasteiger partial charge in [-0.3, -0.25) is 0 Å². The molecule has 0 amide bonds. The third-order valence-electron chi connectivity index (χ3n) is 1.86. The largest absolute Gasteiger partial charge is 0.379 e. The summed E-state index contributed by atoms with van der Waals surface area (Å²) in [6, 6.07) is 7.88. The van der Waals surface area contributed by atoms with E-state index >= 15 is 0 Å². The molecule has 0 fully saturated rings. The Labute approximate surface area is 90.3 Å². The van der Waals surface area contributed by atoms with Gasteiger partial charge in [-0.2, -0.15) is 0 Å². The van der Waals surface area contributed by atoms with Crippen LogP contribution in [0.15, 0.2) is 36.4 Å². The fraction of sp³-hybridized carbons (Fsp3) is 0.250. The van der Waals surface area contributed by atoms with Crippen LogP contribution in [0.5, 0.6) is 0 Å². The van der Waals surface area contributed by atoms with Crippen LogP contribution in [0.3, 0.4) is 0 Å². The Morgan fingerprint density at radius 3 is 2.57 bits per heavy atom. The van der Waals surface area contributed by atoms with Crippen LogP contribution in [0.4, 0.5) is 0 Å². The van der Waals surface area contributed by atoms with Crippen molar-refractivity contribution in [2.45, 2.75) is 12.8 Å². The molecule has 1 rings (SSSR count).